The SMILES string of the molecule is O=C(c1csc(C2CCN(C(=O)c3ccccc3C(F)(F)F)CC2)n1)N1CCN(c2c(Cl)cncc2Cl)CC1. The second-order valence-electron chi connectivity index (χ2n) is 9.41. The van der Waals surface area contributed by atoms with Gasteiger partial charge in [0.2, 0.25) is 0 Å². The minimum atomic E-state index is -4.60. The molecule has 39 heavy (non-hydrogen) atoms. The summed E-state index contributed by atoms with van der Waals surface area (Å²) in [6.07, 6.45) is -0.390. The zero-order valence-electron chi connectivity index (χ0n) is 20.6. The molecule has 3 aromatic rings. The molecule has 0 spiro atoms. The second kappa shape index (κ2) is 11.3. The van der Waals surface area contributed by atoms with E-state index >= 15 is 0 Å². The molecule has 0 atom stereocenters. The Morgan fingerprint density at radius 3 is 2.15 bits per heavy atom. The number of pyridine rings is 1. The van der Waals surface area contributed by atoms with E-state index in [2.05, 4.69) is 9.97 Å². The van der Waals surface area contributed by atoms with E-state index in [0.29, 0.717) is 73.5 Å². The van der Waals surface area contributed by atoms with Crippen molar-refractivity contribution >= 4 is 52.0 Å². The standard InChI is InChI=1S/C26H24Cl2F3N5O2S/c27-19-13-32-14-20(28)22(19)34-9-11-36(12-10-34)25(38)21-15-39-23(33-21)16-5-7-35(8-6-16)24(37)17-3-1-2-4-18(17)26(29,30)31/h1-4,13-16H,5-12H2. The maximum atomic E-state index is 13.4. The lowest BCUT2D eigenvalue weighted by molar-refractivity contribution is -0.138. The molecule has 4 heterocycles. The molecule has 2 aromatic heterocycles. The first-order valence-corrected chi connectivity index (χ1v) is 14.0. The van der Waals surface area contributed by atoms with Gasteiger partial charge in [0, 0.05) is 63.0 Å². The van der Waals surface area contributed by atoms with Crippen LogP contribution in [0.1, 0.15) is 50.2 Å². The third-order valence-corrected chi connectivity index (χ3v) is 8.61. The van der Waals surface area contributed by atoms with Crippen molar-refractivity contribution in [1.82, 2.24) is 19.8 Å². The number of carbonyl (C=O) groups excluding carboxylic acids is 2. The van der Waals surface area contributed by atoms with Crippen LogP contribution in [0.5, 0.6) is 0 Å². The lowest BCUT2D eigenvalue weighted by Crippen LogP contribution is -2.49. The minimum Gasteiger partial charge on any atom is -0.365 e. The number of anilines is 1. The highest BCUT2D eigenvalue weighted by Gasteiger charge is 2.37. The number of halogens is 5. The molecule has 2 fully saturated rings. The summed E-state index contributed by atoms with van der Waals surface area (Å²) >= 11 is 13.9. The number of amides is 2. The van der Waals surface area contributed by atoms with Crippen LogP contribution in [0.2, 0.25) is 10.0 Å². The van der Waals surface area contributed by atoms with E-state index in [1.807, 2.05) is 4.90 Å². The van der Waals surface area contributed by atoms with Crippen molar-refractivity contribution in [1.29, 1.82) is 0 Å². The number of thiazole rings is 1. The summed E-state index contributed by atoms with van der Waals surface area (Å²) < 4.78 is 40.1. The average molecular weight is 598 g/mol. The van der Waals surface area contributed by atoms with Gasteiger partial charge in [0.05, 0.1) is 31.9 Å². The Balaban J connectivity index is 1.17. The highest BCUT2D eigenvalue weighted by Crippen LogP contribution is 2.36. The molecule has 206 valence electrons. The lowest BCUT2D eigenvalue weighted by Gasteiger charge is -2.36. The van der Waals surface area contributed by atoms with Gasteiger partial charge in [0.25, 0.3) is 11.8 Å². The molecule has 0 unspecified atom stereocenters. The Bertz CT molecular complexity index is 1350. The van der Waals surface area contributed by atoms with Crippen molar-refractivity contribution in [3.8, 4) is 0 Å². The van der Waals surface area contributed by atoms with E-state index in [1.54, 1.807) is 22.7 Å². The first kappa shape index (κ1) is 27.7. The molecule has 0 radical (unpaired) electrons. The van der Waals surface area contributed by atoms with Crippen molar-refractivity contribution < 1.29 is 22.8 Å². The van der Waals surface area contributed by atoms with Crippen LogP contribution in [0.15, 0.2) is 42.0 Å². The molecule has 1 aromatic carbocycles. The molecule has 13 heteroatoms. The van der Waals surface area contributed by atoms with Crippen molar-refractivity contribution in [2.45, 2.75) is 24.9 Å². The van der Waals surface area contributed by atoms with Crippen molar-refractivity contribution in [3.63, 3.8) is 0 Å². The summed E-state index contributed by atoms with van der Waals surface area (Å²) in [6, 6.07) is 4.86. The number of alkyl halides is 3. The van der Waals surface area contributed by atoms with Gasteiger partial charge in [0.15, 0.2) is 0 Å². The molecule has 0 N–H and O–H groups in total. The minimum absolute atomic E-state index is 0.0336. The molecule has 2 amide bonds. The zero-order chi connectivity index (χ0) is 27.7. The highest BCUT2D eigenvalue weighted by molar-refractivity contribution is 7.09. The van der Waals surface area contributed by atoms with Crippen LogP contribution < -0.4 is 4.90 Å². The van der Waals surface area contributed by atoms with Gasteiger partial charge in [-0.2, -0.15) is 13.2 Å². The average Bonchev–Trinajstić information content (AvgIpc) is 3.43. The summed E-state index contributed by atoms with van der Waals surface area (Å²) in [5.41, 5.74) is -0.170. The number of hydrogen-bond acceptors (Lipinski definition) is 6. The normalized spacial score (nSPS) is 17.0. The van der Waals surface area contributed by atoms with Gasteiger partial charge >= 0.3 is 6.18 Å². The molecule has 2 saturated heterocycles. The Labute approximate surface area is 237 Å². The Hall–Kier alpha value is -2.89. The maximum absolute atomic E-state index is 13.4. The van der Waals surface area contributed by atoms with Crippen molar-refractivity contribution in [2.75, 3.05) is 44.2 Å². The largest absolute Gasteiger partial charge is 0.417 e. The summed E-state index contributed by atoms with van der Waals surface area (Å²) in [5, 5.41) is 3.47. The fourth-order valence-corrected chi connectivity index (χ4v) is 6.56. The number of nitrogens with zero attached hydrogens (tertiary/aromatic N) is 5. The van der Waals surface area contributed by atoms with E-state index in [-0.39, 0.29) is 17.4 Å². The van der Waals surface area contributed by atoms with Gasteiger partial charge < -0.3 is 14.7 Å². The molecular formula is C26H24Cl2F3N5O2S. The predicted octanol–water partition coefficient (Wildman–Crippen LogP) is 5.85. The summed E-state index contributed by atoms with van der Waals surface area (Å²) in [6.45, 7) is 2.74. The second-order valence-corrected chi connectivity index (χ2v) is 11.1. The number of piperidine rings is 1. The van der Waals surface area contributed by atoms with Gasteiger partial charge in [0.1, 0.15) is 5.69 Å². The summed E-state index contributed by atoms with van der Waals surface area (Å²) in [7, 11) is 0. The van der Waals surface area contributed by atoms with Crippen LogP contribution >= 0.6 is 34.5 Å². The maximum Gasteiger partial charge on any atom is 0.417 e. The van der Waals surface area contributed by atoms with Crippen LogP contribution in [0.25, 0.3) is 0 Å². The first-order valence-electron chi connectivity index (χ1n) is 12.4. The van der Waals surface area contributed by atoms with Crippen LogP contribution in [0.3, 0.4) is 0 Å². The number of likely N-dealkylation sites (tertiary alicyclic amines) is 1. The van der Waals surface area contributed by atoms with E-state index in [4.69, 9.17) is 23.2 Å². The van der Waals surface area contributed by atoms with Crippen LogP contribution in [-0.2, 0) is 6.18 Å². The number of benzene rings is 1. The number of rotatable bonds is 4. The lowest BCUT2D eigenvalue weighted by atomic mass is 9.96. The van der Waals surface area contributed by atoms with E-state index < -0.39 is 17.6 Å². The summed E-state index contributed by atoms with van der Waals surface area (Å²) in [4.78, 5) is 39.8. The smallest absolute Gasteiger partial charge is 0.365 e. The predicted molar refractivity (Wildman–Crippen MR) is 144 cm³/mol. The topological polar surface area (TPSA) is 69.6 Å². The third kappa shape index (κ3) is 5.85. The monoisotopic (exact) mass is 597 g/mol. The fraction of sp³-hybridized carbons (Fsp3) is 0.385. The molecule has 0 bridgehead atoms. The van der Waals surface area contributed by atoms with Gasteiger partial charge in [-0.15, -0.1) is 11.3 Å². The van der Waals surface area contributed by atoms with Gasteiger partial charge in [-0.25, -0.2) is 4.98 Å². The number of hydrogen-bond donors (Lipinski definition) is 0. The van der Waals surface area contributed by atoms with E-state index in [1.165, 1.54) is 34.4 Å². The van der Waals surface area contributed by atoms with Gasteiger partial charge in [-0.1, -0.05) is 35.3 Å². The number of piperazine rings is 1. The van der Waals surface area contributed by atoms with Gasteiger partial charge in [-0.05, 0) is 25.0 Å². The Morgan fingerprint density at radius 1 is 0.897 bits per heavy atom. The molecule has 7 nitrogen and oxygen atoms in total. The Morgan fingerprint density at radius 2 is 1.51 bits per heavy atom. The van der Waals surface area contributed by atoms with Crippen LogP contribution in [-0.4, -0.2) is 70.9 Å². The fourth-order valence-electron chi connectivity index (χ4n) is 4.99. The molecule has 0 aliphatic carbocycles. The third-order valence-electron chi connectivity index (χ3n) is 7.05. The zero-order valence-corrected chi connectivity index (χ0v) is 23.0. The molecule has 2 aliphatic rings. The van der Waals surface area contributed by atoms with Gasteiger partial charge in [-0.3, -0.25) is 14.6 Å². The first-order chi connectivity index (χ1) is 18.6. The molecule has 0 saturated carbocycles. The summed E-state index contributed by atoms with van der Waals surface area (Å²) in [5.74, 6) is -0.739. The quantitative estimate of drug-likeness (QED) is 0.377. The number of carbonyl (C=O) groups is 2. The van der Waals surface area contributed by atoms with E-state index in [0.717, 1.165) is 11.1 Å². The molecular weight excluding hydrogens is 574 g/mol. The van der Waals surface area contributed by atoms with Crippen LogP contribution in [0.4, 0.5) is 18.9 Å². The number of aromatic nitrogens is 2. The molecule has 2 aliphatic heterocycles. The van der Waals surface area contributed by atoms with Crippen LogP contribution in [0, 0.1) is 0 Å². The van der Waals surface area contributed by atoms with E-state index in [9.17, 15) is 22.8 Å². The van der Waals surface area contributed by atoms with Crippen molar-refractivity contribution in [3.05, 3.63) is 73.9 Å². The molecule has 5 rings (SSSR count). The Kier molecular flexibility index (Phi) is 8.02. The highest BCUT2D eigenvalue weighted by atomic mass is 35.5. The van der Waals surface area contributed by atoms with Crippen molar-refractivity contribution in [2.24, 2.45) is 0 Å².